The van der Waals surface area contributed by atoms with Gasteiger partial charge in [-0.15, -0.1) is 0 Å². The van der Waals surface area contributed by atoms with Gasteiger partial charge in [-0.1, -0.05) is 20.8 Å². The molecule has 0 aliphatic carbocycles. The number of esters is 4. The van der Waals surface area contributed by atoms with Crippen molar-refractivity contribution in [3.05, 3.63) is 0 Å². The van der Waals surface area contributed by atoms with Crippen molar-refractivity contribution in [3.63, 3.8) is 0 Å². The number of nitrogens with zero attached hydrogens (tertiary/aromatic N) is 1. The maximum Gasteiger partial charge on any atom is 0.472 e. The number of phosphoric acid groups is 1. The second-order valence-electron chi connectivity index (χ2n) is 7.28. The molecule has 0 saturated carbocycles. The van der Waals surface area contributed by atoms with Crippen LogP contribution >= 0.6 is 7.82 Å². The van der Waals surface area contributed by atoms with Crippen molar-refractivity contribution >= 4 is 31.7 Å². The Bertz CT molecular complexity index is 746. The number of carbonyl (C=O) groups excluding carboxylic acids is 4. The van der Waals surface area contributed by atoms with Gasteiger partial charge in [0.2, 0.25) is 6.29 Å². The Hall–Kier alpha value is -2.09. The van der Waals surface area contributed by atoms with E-state index in [-0.39, 0.29) is 0 Å². The van der Waals surface area contributed by atoms with Crippen molar-refractivity contribution in [2.45, 2.75) is 79.2 Å². The second kappa shape index (κ2) is 15.8. The SMILES string of the molecule is CC(=O)OC[C@H]1O[C@@H](OP(=O)(O)O)[C@@H](OC(C)=O)[C@@H](OC(C)=O)[C@@H]1OC(C)=O.CCN(CC)CC. The Labute approximate surface area is 204 Å². The third-order valence-electron chi connectivity index (χ3n) is 4.53. The number of hydrogen-bond donors (Lipinski definition) is 2. The molecule has 0 aromatic rings. The van der Waals surface area contributed by atoms with E-state index < -0.39 is 69.0 Å². The van der Waals surface area contributed by atoms with E-state index in [1.165, 1.54) is 19.6 Å². The first kappa shape index (κ1) is 32.9. The highest BCUT2D eigenvalue weighted by molar-refractivity contribution is 7.46. The van der Waals surface area contributed by atoms with E-state index in [4.69, 9.17) is 33.5 Å². The molecule has 0 radical (unpaired) electrons. The molecule has 15 heteroatoms. The van der Waals surface area contributed by atoms with Crippen LogP contribution in [0.1, 0.15) is 48.5 Å². The van der Waals surface area contributed by atoms with Crippen molar-refractivity contribution < 1.29 is 61.7 Å². The molecular formula is C20H36NO13P. The van der Waals surface area contributed by atoms with Gasteiger partial charge in [-0.2, -0.15) is 0 Å². The van der Waals surface area contributed by atoms with Gasteiger partial charge < -0.3 is 38.4 Å². The first-order valence-corrected chi connectivity index (χ1v) is 12.4. The number of ether oxygens (including phenoxy) is 5. The normalized spacial score (nSPS) is 24.0. The molecule has 1 aliphatic rings. The minimum Gasteiger partial charge on any atom is -0.463 e. The van der Waals surface area contributed by atoms with Gasteiger partial charge in [0.1, 0.15) is 12.7 Å². The number of hydrogen-bond acceptors (Lipinski definition) is 12. The molecule has 0 aromatic heterocycles. The second-order valence-corrected chi connectivity index (χ2v) is 8.48. The number of carbonyl (C=O) groups is 4. The molecule has 0 aromatic carbocycles. The van der Waals surface area contributed by atoms with Gasteiger partial charge >= 0.3 is 31.7 Å². The maximum absolute atomic E-state index is 11.5. The predicted octanol–water partition coefficient (Wildman–Crippen LogP) is 0.527. The number of rotatable bonds is 10. The van der Waals surface area contributed by atoms with Gasteiger partial charge in [0.15, 0.2) is 18.3 Å². The fraction of sp³-hybridized carbons (Fsp3) is 0.800. The predicted molar refractivity (Wildman–Crippen MR) is 119 cm³/mol. The Morgan fingerprint density at radius 3 is 1.54 bits per heavy atom. The maximum atomic E-state index is 11.5. The number of phosphoric ester groups is 1. The van der Waals surface area contributed by atoms with Gasteiger partial charge in [0.05, 0.1) is 0 Å². The van der Waals surface area contributed by atoms with Crippen molar-refractivity contribution in [1.82, 2.24) is 4.90 Å². The summed E-state index contributed by atoms with van der Waals surface area (Å²) >= 11 is 0. The highest BCUT2D eigenvalue weighted by atomic mass is 31.2. The molecule has 1 fully saturated rings. The highest BCUT2D eigenvalue weighted by Gasteiger charge is 2.54. The van der Waals surface area contributed by atoms with Crippen LogP contribution in [0.4, 0.5) is 0 Å². The standard InChI is InChI=1S/C14H21O13P.C6H15N/c1-6(15)22-5-10-11(23-7(2)16)12(24-8(3)17)13(25-9(4)18)14(26-10)27-28(19,20)21;1-4-7(5-2)6-3/h10-14H,5H2,1-4H3,(H2,19,20,21);4-6H2,1-3H3/t10-,11-,12+,13+,14+;/m1./s1. The topological polar surface area (TPSA) is 184 Å². The summed E-state index contributed by atoms with van der Waals surface area (Å²) in [6.45, 7) is 13.7. The van der Waals surface area contributed by atoms with E-state index >= 15 is 0 Å². The van der Waals surface area contributed by atoms with Crippen LogP contribution in [0.25, 0.3) is 0 Å². The summed E-state index contributed by atoms with van der Waals surface area (Å²) in [5.41, 5.74) is 0. The Kier molecular flexibility index (Phi) is 14.9. The van der Waals surface area contributed by atoms with Crippen LogP contribution in [-0.2, 0) is 52.0 Å². The first-order valence-electron chi connectivity index (χ1n) is 10.9. The summed E-state index contributed by atoms with van der Waals surface area (Å²) in [4.78, 5) is 66.1. The molecule has 5 atom stereocenters. The van der Waals surface area contributed by atoms with Crippen molar-refractivity contribution in [3.8, 4) is 0 Å². The van der Waals surface area contributed by atoms with Crippen LogP contribution in [0.5, 0.6) is 0 Å². The average Bonchev–Trinajstić information content (AvgIpc) is 2.71. The lowest BCUT2D eigenvalue weighted by Crippen LogP contribution is -2.62. The summed E-state index contributed by atoms with van der Waals surface area (Å²) in [5.74, 6) is -3.38. The molecule has 0 bridgehead atoms. The van der Waals surface area contributed by atoms with Crippen LogP contribution in [0, 0.1) is 0 Å². The first-order chi connectivity index (χ1) is 16.1. The fourth-order valence-electron chi connectivity index (χ4n) is 3.08. The monoisotopic (exact) mass is 529 g/mol. The molecule has 2 N–H and O–H groups in total. The lowest BCUT2D eigenvalue weighted by Gasteiger charge is -2.43. The van der Waals surface area contributed by atoms with E-state index in [0.717, 1.165) is 27.7 Å². The molecule has 14 nitrogen and oxygen atoms in total. The summed E-state index contributed by atoms with van der Waals surface area (Å²) in [6.07, 6.45) is -8.01. The van der Waals surface area contributed by atoms with Crippen LogP contribution in [0.2, 0.25) is 0 Å². The van der Waals surface area contributed by atoms with Gasteiger partial charge in [0, 0.05) is 27.7 Å². The fourth-order valence-corrected chi connectivity index (χ4v) is 3.52. The van der Waals surface area contributed by atoms with Crippen LogP contribution in [-0.4, -0.2) is 95.5 Å². The molecule has 1 aliphatic heterocycles. The molecule has 1 heterocycles. The van der Waals surface area contributed by atoms with Gasteiger partial charge in [-0.25, -0.2) is 4.57 Å². The lowest BCUT2D eigenvalue weighted by molar-refractivity contribution is -0.291. The molecule has 1 rings (SSSR count). The zero-order valence-corrected chi connectivity index (χ0v) is 21.9. The summed E-state index contributed by atoms with van der Waals surface area (Å²) < 4.78 is 40.9. The molecule has 204 valence electrons. The third-order valence-corrected chi connectivity index (χ3v) is 5.01. The smallest absolute Gasteiger partial charge is 0.463 e. The minimum absolute atomic E-state index is 0.543. The highest BCUT2D eigenvalue weighted by Crippen LogP contribution is 2.42. The average molecular weight is 529 g/mol. The summed E-state index contributed by atoms with van der Waals surface area (Å²) in [6, 6.07) is 0. The van der Waals surface area contributed by atoms with Gasteiger partial charge in [-0.3, -0.25) is 23.7 Å². The van der Waals surface area contributed by atoms with E-state index in [2.05, 4.69) is 30.2 Å². The van der Waals surface area contributed by atoms with Gasteiger partial charge in [0.25, 0.3) is 0 Å². The molecular weight excluding hydrogens is 493 g/mol. The Morgan fingerprint density at radius 1 is 0.771 bits per heavy atom. The van der Waals surface area contributed by atoms with E-state index in [1.807, 2.05) is 0 Å². The summed E-state index contributed by atoms with van der Waals surface area (Å²) in [5, 5.41) is 0. The van der Waals surface area contributed by atoms with E-state index in [0.29, 0.717) is 0 Å². The van der Waals surface area contributed by atoms with Crippen LogP contribution < -0.4 is 0 Å². The minimum atomic E-state index is -5.16. The lowest BCUT2D eigenvalue weighted by atomic mass is 9.98. The largest absolute Gasteiger partial charge is 0.472 e. The molecule has 0 spiro atoms. The molecule has 35 heavy (non-hydrogen) atoms. The summed E-state index contributed by atoms with van der Waals surface area (Å²) in [7, 11) is -5.16. The Balaban J connectivity index is 0.00000143. The quantitative estimate of drug-likeness (QED) is 0.227. The van der Waals surface area contributed by atoms with Crippen molar-refractivity contribution in [1.29, 1.82) is 0 Å². The van der Waals surface area contributed by atoms with E-state index in [9.17, 15) is 23.7 Å². The zero-order valence-electron chi connectivity index (χ0n) is 21.0. The molecule has 1 saturated heterocycles. The third kappa shape index (κ3) is 13.5. The van der Waals surface area contributed by atoms with Crippen LogP contribution in [0.3, 0.4) is 0 Å². The molecule has 0 amide bonds. The Morgan fingerprint density at radius 2 is 1.20 bits per heavy atom. The molecule has 0 unspecified atom stereocenters. The van der Waals surface area contributed by atoms with Crippen molar-refractivity contribution in [2.75, 3.05) is 26.2 Å². The van der Waals surface area contributed by atoms with Crippen molar-refractivity contribution in [2.24, 2.45) is 0 Å². The van der Waals surface area contributed by atoms with E-state index in [1.54, 1.807) is 0 Å². The van der Waals surface area contributed by atoms with Crippen LogP contribution in [0.15, 0.2) is 0 Å². The zero-order chi connectivity index (χ0) is 27.3. The van der Waals surface area contributed by atoms with Gasteiger partial charge in [-0.05, 0) is 19.6 Å².